The molecular formula is C15H25IN4O. The summed E-state index contributed by atoms with van der Waals surface area (Å²) in [5.41, 5.74) is 8.69. The SMILES string of the molecule is COCCNC(N)=NCCN1CCc2ccccc2C1.I. The third-order valence-corrected chi connectivity index (χ3v) is 3.52. The maximum absolute atomic E-state index is 5.77. The van der Waals surface area contributed by atoms with E-state index in [1.165, 1.54) is 11.1 Å². The third-order valence-electron chi connectivity index (χ3n) is 3.52. The molecule has 0 atom stereocenters. The fourth-order valence-electron chi connectivity index (χ4n) is 2.39. The summed E-state index contributed by atoms with van der Waals surface area (Å²) in [6.45, 7) is 5.13. The Morgan fingerprint density at radius 3 is 2.90 bits per heavy atom. The minimum Gasteiger partial charge on any atom is -0.383 e. The zero-order chi connectivity index (χ0) is 14.2. The molecule has 1 heterocycles. The molecule has 1 aliphatic heterocycles. The van der Waals surface area contributed by atoms with E-state index in [1.54, 1.807) is 7.11 Å². The first-order chi connectivity index (χ1) is 9.79. The number of fused-ring (bicyclic) bond motifs is 1. The predicted molar refractivity (Wildman–Crippen MR) is 97.2 cm³/mol. The van der Waals surface area contributed by atoms with Gasteiger partial charge in [0, 0.05) is 33.3 Å². The van der Waals surface area contributed by atoms with Crippen molar-refractivity contribution in [1.29, 1.82) is 0 Å². The molecule has 0 unspecified atom stereocenters. The van der Waals surface area contributed by atoms with Gasteiger partial charge in [-0.3, -0.25) is 9.89 Å². The lowest BCUT2D eigenvalue weighted by atomic mass is 10.0. The normalized spacial score (nSPS) is 15.2. The van der Waals surface area contributed by atoms with Gasteiger partial charge >= 0.3 is 0 Å². The molecule has 2 rings (SSSR count). The Labute approximate surface area is 144 Å². The van der Waals surface area contributed by atoms with E-state index in [4.69, 9.17) is 10.5 Å². The average Bonchev–Trinajstić information content (AvgIpc) is 2.47. The van der Waals surface area contributed by atoms with Crippen molar-refractivity contribution in [2.45, 2.75) is 13.0 Å². The highest BCUT2D eigenvalue weighted by Crippen LogP contribution is 2.17. The maximum atomic E-state index is 5.77. The van der Waals surface area contributed by atoms with Gasteiger partial charge in [-0.15, -0.1) is 24.0 Å². The molecule has 5 nitrogen and oxygen atoms in total. The van der Waals surface area contributed by atoms with E-state index < -0.39 is 0 Å². The van der Waals surface area contributed by atoms with Crippen molar-refractivity contribution < 1.29 is 4.74 Å². The molecule has 0 fully saturated rings. The molecule has 0 saturated heterocycles. The topological polar surface area (TPSA) is 62.9 Å². The monoisotopic (exact) mass is 404 g/mol. The number of hydrogen-bond donors (Lipinski definition) is 2. The average molecular weight is 404 g/mol. The van der Waals surface area contributed by atoms with Gasteiger partial charge < -0.3 is 15.8 Å². The summed E-state index contributed by atoms with van der Waals surface area (Å²) in [5, 5.41) is 3.02. The van der Waals surface area contributed by atoms with E-state index >= 15 is 0 Å². The standard InChI is InChI=1S/C15H24N4O.HI/c1-20-11-8-18-15(16)17-7-10-19-9-6-13-4-2-3-5-14(13)12-19;/h2-5H,6-12H2,1H3,(H3,16,17,18);1H. The number of benzene rings is 1. The highest BCUT2D eigenvalue weighted by molar-refractivity contribution is 14.0. The molecule has 0 radical (unpaired) electrons. The smallest absolute Gasteiger partial charge is 0.188 e. The van der Waals surface area contributed by atoms with Crippen molar-refractivity contribution in [2.75, 3.05) is 39.9 Å². The van der Waals surface area contributed by atoms with Gasteiger partial charge in [0.15, 0.2) is 5.96 Å². The number of halogens is 1. The number of aliphatic imine (C=N–C) groups is 1. The summed E-state index contributed by atoms with van der Waals surface area (Å²) >= 11 is 0. The van der Waals surface area contributed by atoms with Gasteiger partial charge in [-0.1, -0.05) is 24.3 Å². The van der Waals surface area contributed by atoms with Gasteiger partial charge in [0.2, 0.25) is 0 Å². The molecule has 1 aliphatic rings. The molecule has 21 heavy (non-hydrogen) atoms. The quantitative estimate of drug-likeness (QED) is 0.324. The van der Waals surface area contributed by atoms with Gasteiger partial charge in [0.05, 0.1) is 13.2 Å². The summed E-state index contributed by atoms with van der Waals surface area (Å²) in [5.74, 6) is 0.499. The molecule has 0 saturated carbocycles. The van der Waals surface area contributed by atoms with E-state index in [2.05, 4.69) is 39.5 Å². The fourth-order valence-corrected chi connectivity index (χ4v) is 2.39. The van der Waals surface area contributed by atoms with Crippen LogP contribution >= 0.6 is 24.0 Å². The van der Waals surface area contributed by atoms with Crippen LogP contribution < -0.4 is 11.1 Å². The molecule has 0 aliphatic carbocycles. The van der Waals surface area contributed by atoms with Crippen LogP contribution in [-0.2, 0) is 17.7 Å². The van der Waals surface area contributed by atoms with Crippen LogP contribution in [0.25, 0.3) is 0 Å². The summed E-state index contributed by atoms with van der Waals surface area (Å²) < 4.78 is 4.94. The van der Waals surface area contributed by atoms with E-state index in [1.807, 2.05) is 0 Å². The van der Waals surface area contributed by atoms with Crippen molar-refractivity contribution in [3.05, 3.63) is 35.4 Å². The van der Waals surface area contributed by atoms with Crippen molar-refractivity contribution >= 4 is 29.9 Å². The third kappa shape index (κ3) is 6.19. The minimum absolute atomic E-state index is 0. The molecule has 118 valence electrons. The van der Waals surface area contributed by atoms with Gasteiger partial charge in [-0.2, -0.15) is 0 Å². The molecule has 0 amide bonds. The van der Waals surface area contributed by atoms with Crippen molar-refractivity contribution in [3.8, 4) is 0 Å². The van der Waals surface area contributed by atoms with Gasteiger partial charge in [0.1, 0.15) is 0 Å². The van der Waals surface area contributed by atoms with E-state index in [0.29, 0.717) is 19.1 Å². The van der Waals surface area contributed by atoms with Crippen LogP contribution in [0.1, 0.15) is 11.1 Å². The lowest BCUT2D eigenvalue weighted by molar-refractivity contribution is 0.204. The number of nitrogens with zero attached hydrogens (tertiary/aromatic N) is 2. The Hall–Kier alpha value is -0.860. The Balaban J connectivity index is 0.00000220. The van der Waals surface area contributed by atoms with Gasteiger partial charge in [0.25, 0.3) is 0 Å². The number of methoxy groups -OCH3 is 1. The van der Waals surface area contributed by atoms with E-state index in [0.717, 1.165) is 32.6 Å². The van der Waals surface area contributed by atoms with E-state index in [-0.39, 0.29) is 24.0 Å². The molecule has 1 aromatic rings. The molecular weight excluding hydrogens is 379 g/mol. The van der Waals surface area contributed by atoms with Crippen LogP contribution in [0.4, 0.5) is 0 Å². The summed E-state index contributed by atoms with van der Waals surface area (Å²) in [4.78, 5) is 6.76. The first kappa shape index (κ1) is 18.2. The van der Waals surface area contributed by atoms with Gasteiger partial charge in [-0.25, -0.2) is 0 Å². The van der Waals surface area contributed by atoms with Crippen molar-refractivity contribution in [1.82, 2.24) is 10.2 Å². The molecule has 6 heteroatoms. The fraction of sp³-hybridized carbons (Fsp3) is 0.533. The second kappa shape index (κ2) is 9.97. The molecule has 1 aromatic carbocycles. The lowest BCUT2D eigenvalue weighted by Crippen LogP contribution is -2.36. The summed E-state index contributed by atoms with van der Waals surface area (Å²) in [6, 6.07) is 8.66. The minimum atomic E-state index is 0. The number of guanidine groups is 1. The second-order valence-electron chi connectivity index (χ2n) is 4.98. The van der Waals surface area contributed by atoms with E-state index in [9.17, 15) is 0 Å². The molecule has 3 N–H and O–H groups in total. The Kier molecular flexibility index (Phi) is 8.63. The molecule has 0 aromatic heterocycles. The zero-order valence-electron chi connectivity index (χ0n) is 12.5. The first-order valence-electron chi connectivity index (χ1n) is 7.11. The van der Waals surface area contributed by atoms with Crippen LogP contribution in [-0.4, -0.2) is 50.8 Å². The summed E-state index contributed by atoms with van der Waals surface area (Å²) in [7, 11) is 1.67. The highest BCUT2D eigenvalue weighted by Gasteiger charge is 2.14. The van der Waals surface area contributed by atoms with Crippen LogP contribution in [0.3, 0.4) is 0 Å². The van der Waals surface area contributed by atoms with Crippen LogP contribution in [0.5, 0.6) is 0 Å². The number of nitrogens with one attached hydrogen (secondary N) is 1. The summed E-state index contributed by atoms with van der Waals surface area (Å²) in [6.07, 6.45) is 1.13. The Morgan fingerprint density at radius 1 is 1.38 bits per heavy atom. The van der Waals surface area contributed by atoms with Crippen molar-refractivity contribution in [2.24, 2.45) is 10.7 Å². The number of rotatable bonds is 6. The molecule has 0 bridgehead atoms. The van der Waals surface area contributed by atoms with Gasteiger partial charge in [-0.05, 0) is 17.5 Å². The lowest BCUT2D eigenvalue weighted by Gasteiger charge is -2.28. The first-order valence-corrected chi connectivity index (χ1v) is 7.11. The molecule has 0 spiro atoms. The highest BCUT2D eigenvalue weighted by atomic mass is 127. The zero-order valence-corrected chi connectivity index (χ0v) is 14.9. The number of nitrogens with two attached hydrogens (primary N) is 1. The Bertz CT molecular complexity index is 453. The van der Waals surface area contributed by atoms with Crippen LogP contribution in [0.2, 0.25) is 0 Å². The Morgan fingerprint density at radius 2 is 2.14 bits per heavy atom. The number of ether oxygens (including phenoxy) is 1. The predicted octanol–water partition coefficient (Wildman–Crippen LogP) is 1.21. The largest absolute Gasteiger partial charge is 0.383 e. The number of hydrogen-bond acceptors (Lipinski definition) is 3. The maximum Gasteiger partial charge on any atom is 0.188 e. The second-order valence-corrected chi connectivity index (χ2v) is 4.98. The van der Waals surface area contributed by atoms with Crippen LogP contribution in [0.15, 0.2) is 29.3 Å². The van der Waals surface area contributed by atoms with Crippen LogP contribution in [0, 0.1) is 0 Å². The van der Waals surface area contributed by atoms with Crippen molar-refractivity contribution in [3.63, 3.8) is 0 Å².